The van der Waals surface area contributed by atoms with E-state index < -0.39 is 29.0 Å². The number of alkyl halides is 5. The number of carbonyl (C=O) groups excluding carboxylic acids is 1. The van der Waals surface area contributed by atoms with Crippen LogP contribution >= 0.6 is 11.6 Å². The van der Waals surface area contributed by atoms with E-state index in [-0.39, 0.29) is 13.1 Å². The first-order valence-corrected chi connectivity index (χ1v) is 5.33. The first-order chi connectivity index (χ1) is 7.21. The highest BCUT2D eigenvalue weighted by Crippen LogP contribution is 2.49. The number of hydrogen-bond acceptors (Lipinski definition) is 2. The lowest BCUT2D eigenvalue weighted by atomic mass is 10.1. The first-order valence-electron chi connectivity index (χ1n) is 4.89. The fourth-order valence-electron chi connectivity index (χ4n) is 1.88. The van der Waals surface area contributed by atoms with Crippen molar-refractivity contribution in [3.63, 3.8) is 0 Å². The molecular formula is C9H12ClF4NO. The zero-order valence-electron chi connectivity index (χ0n) is 8.81. The van der Waals surface area contributed by atoms with Gasteiger partial charge in [-0.1, -0.05) is 13.8 Å². The monoisotopic (exact) mass is 261 g/mol. The normalized spacial score (nSPS) is 32.4. The Balaban J connectivity index is 3.15. The zero-order chi connectivity index (χ0) is 12.7. The molecule has 0 saturated heterocycles. The summed E-state index contributed by atoms with van der Waals surface area (Å²) in [5, 5.41) is -1.87. The van der Waals surface area contributed by atoms with E-state index in [0.717, 1.165) is 4.90 Å². The number of Topliss-reactive ketones (excluding diaryl/α,β-unsaturated/α-hetero) is 1. The Morgan fingerprint density at radius 1 is 1.25 bits per heavy atom. The third-order valence-electron chi connectivity index (χ3n) is 2.83. The van der Waals surface area contributed by atoms with Crippen molar-refractivity contribution < 1.29 is 22.4 Å². The Morgan fingerprint density at radius 2 is 1.69 bits per heavy atom. The molecule has 1 saturated carbocycles. The molecule has 0 radical (unpaired) electrons. The van der Waals surface area contributed by atoms with Crippen molar-refractivity contribution in [1.82, 2.24) is 4.90 Å². The molecule has 1 aliphatic carbocycles. The number of nitrogens with zero attached hydrogens (tertiary/aromatic N) is 1. The molecule has 0 aliphatic heterocycles. The van der Waals surface area contributed by atoms with Crippen LogP contribution in [0.15, 0.2) is 0 Å². The minimum atomic E-state index is -4.67. The van der Waals surface area contributed by atoms with E-state index in [1.807, 2.05) is 0 Å². The van der Waals surface area contributed by atoms with Gasteiger partial charge < -0.3 is 0 Å². The third-order valence-corrected chi connectivity index (χ3v) is 3.27. The number of rotatable bonds is 3. The second-order valence-electron chi connectivity index (χ2n) is 3.63. The molecular weight excluding hydrogens is 250 g/mol. The van der Waals surface area contributed by atoms with Crippen LogP contribution in [0.25, 0.3) is 0 Å². The summed E-state index contributed by atoms with van der Waals surface area (Å²) in [6, 6.07) is -1.94. The highest BCUT2D eigenvalue weighted by Gasteiger charge is 2.76. The highest BCUT2D eigenvalue weighted by atomic mass is 35.5. The van der Waals surface area contributed by atoms with E-state index in [2.05, 4.69) is 0 Å². The molecule has 0 spiro atoms. The maximum absolute atomic E-state index is 13.4. The van der Waals surface area contributed by atoms with Crippen molar-refractivity contribution in [2.75, 3.05) is 13.1 Å². The summed E-state index contributed by atoms with van der Waals surface area (Å²) in [6.07, 6.45) is 0. The fraction of sp³-hybridized carbons (Fsp3) is 0.889. The quantitative estimate of drug-likeness (QED) is 0.573. The van der Waals surface area contributed by atoms with Gasteiger partial charge in [-0.05, 0) is 13.1 Å². The van der Waals surface area contributed by atoms with E-state index in [9.17, 15) is 22.4 Å². The summed E-state index contributed by atoms with van der Waals surface area (Å²) in [5.41, 5.74) is 0. The average molecular weight is 262 g/mol. The van der Waals surface area contributed by atoms with Crippen LogP contribution in [0.4, 0.5) is 17.6 Å². The summed E-state index contributed by atoms with van der Waals surface area (Å²) < 4.78 is 52.9. The van der Waals surface area contributed by atoms with Crippen molar-refractivity contribution in [1.29, 1.82) is 0 Å². The second-order valence-corrected chi connectivity index (χ2v) is 4.10. The molecule has 7 heteroatoms. The topological polar surface area (TPSA) is 20.3 Å². The van der Waals surface area contributed by atoms with Gasteiger partial charge in [0.15, 0.2) is 0 Å². The van der Waals surface area contributed by atoms with E-state index in [1.54, 1.807) is 13.8 Å². The van der Waals surface area contributed by atoms with Crippen molar-refractivity contribution in [3.05, 3.63) is 0 Å². The van der Waals surface area contributed by atoms with Crippen LogP contribution in [0, 0.1) is 0 Å². The Hall–Kier alpha value is -0.360. The molecule has 0 aromatic heterocycles. The molecule has 1 rings (SSSR count). The van der Waals surface area contributed by atoms with Crippen molar-refractivity contribution in [2.24, 2.45) is 0 Å². The smallest absolute Gasteiger partial charge is 0.293 e. The van der Waals surface area contributed by atoms with E-state index >= 15 is 0 Å². The average Bonchev–Trinajstić information content (AvgIpc) is 2.32. The standard InChI is InChI=1S/C9H12ClF4NO/c1-3-15(4-2)6-5(10)7(16)9(13,14)8(6,11)12/h5-6H,3-4H2,1-2H3. The summed E-state index contributed by atoms with van der Waals surface area (Å²) in [4.78, 5) is 12.1. The predicted octanol–water partition coefficient (Wildman–Crippen LogP) is 2.16. The molecule has 0 amide bonds. The SMILES string of the molecule is CCN(CC)C1C(Cl)C(=O)C(F)(F)C1(F)F. The summed E-state index contributed by atoms with van der Waals surface area (Å²) in [7, 11) is 0. The van der Waals surface area contributed by atoms with Gasteiger partial charge in [-0.25, -0.2) is 0 Å². The lowest BCUT2D eigenvalue weighted by Crippen LogP contribution is -2.53. The van der Waals surface area contributed by atoms with Gasteiger partial charge in [0.1, 0.15) is 11.4 Å². The van der Waals surface area contributed by atoms with Crippen LogP contribution in [-0.2, 0) is 4.79 Å². The van der Waals surface area contributed by atoms with E-state index in [4.69, 9.17) is 11.6 Å². The maximum atomic E-state index is 13.4. The van der Waals surface area contributed by atoms with Crippen LogP contribution in [-0.4, -0.2) is 47.0 Å². The molecule has 0 aromatic rings. The van der Waals surface area contributed by atoms with Gasteiger partial charge in [-0.15, -0.1) is 11.6 Å². The molecule has 0 N–H and O–H groups in total. The van der Waals surface area contributed by atoms with Crippen LogP contribution in [0.2, 0.25) is 0 Å². The molecule has 0 heterocycles. The van der Waals surface area contributed by atoms with E-state index in [1.165, 1.54) is 0 Å². The molecule has 16 heavy (non-hydrogen) atoms. The van der Waals surface area contributed by atoms with Gasteiger partial charge >= 0.3 is 11.8 Å². The molecule has 94 valence electrons. The molecule has 1 aliphatic rings. The zero-order valence-corrected chi connectivity index (χ0v) is 9.57. The Morgan fingerprint density at radius 3 is 1.94 bits per heavy atom. The molecule has 1 fully saturated rings. The number of ketones is 1. The lowest BCUT2D eigenvalue weighted by Gasteiger charge is -2.32. The van der Waals surface area contributed by atoms with Gasteiger partial charge in [0.25, 0.3) is 0 Å². The number of carbonyl (C=O) groups is 1. The Kier molecular flexibility index (Phi) is 3.55. The number of halogens is 5. The maximum Gasteiger partial charge on any atom is 0.370 e. The molecule has 2 nitrogen and oxygen atoms in total. The highest BCUT2D eigenvalue weighted by molar-refractivity contribution is 6.34. The predicted molar refractivity (Wildman–Crippen MR) is 51.3 cm³/mol. The number of hydrogen-bond donors (Lipinski definition) is 0. The second kappa shape index (κ2) is 4.14. The minimum absolute atomic E-state index is 0.128. The minimum Gasteiger partial charge on any atom is -0.293 e. The lowest BCUT2D eigenvalue weighted by molar-refractivity contribution is -0.206. The van der Waals surface area contributed by atoms with E-state index in [0.29, 0.717) is 0 Å². The molecule has 2 unspecified atom stereocenters. The first kappa shape index (κ1) is 13.7. The van der Waals surface area contributed by atoms with Crippen LogP contribution in [0.1, 0.15) is 13.8 Å². The molecule has 0 bridgehead atoms. The Bertz CT molecular complexity index is 293. The summed E-state index contributed by atoms with van der Waals surface area (Å²) in [5.74, 6) is -11.0. The summed E-state index contributed by atoms with van der Waals surface area (Å²) >= 11 is 5.40. The van der Waals surface area contributed by atoms with Gasteiger partial charge in [0, 0.05) is 0 Å². The Labute approximate surface area is 95.5 Å². The largest absolute Gasteiger partial charge is 0.370 e. The van der Waals surface area contributed by atoms with Crippen molar-refractivity contribution in [3.8, 4) is 0 Å². The third kappa shape index (κ3) is 1.62. The van der Waals surface area contributed by atoms with Crippen LogP contribution < -0.4 is 0 Å². The van der Waals surface area contributed by atoms with Gasteiger partial charge in [0.2, 0.25) is 5.78 Å². The van der Waals surface area contributed by atoms with Gasteiger partial charge in [0.05, 0.1) is 0 Å². The van der Waals surface area contributed by atoms with Crippen LogP contribution in [0.5, 0.6) is 0 Å². The van der Waals surface area contributed by atoms with Gasteiger partial charge in [-0.3, -0.25) is 9.69 Å². The van der Waals surface area contributed by atoms with Gasteiger partial charge in [-0.2, -0.15) is 17.6 Å². The summed E-state index contributed by atoms with van der Waals surface area (Å²) in [6.45, 7) is 3.35. The fourth-order valence-corrected chi connectivity index (χ4v) is 2.34. The van der Waals surface area contributed by atoms with Crippen molar-refractivity contribution in [2.45, 2.75) is 37.1 Å². The van der Waals surface area contributed by atoms with Crippen LogP contribution in [0.3, 0.4) is 0 Å². The molecule has 2 atom stereocenters. The van der Waals surface area contributed by atoms with Crippen molar-refractivity contribution >= 4 is 17.4 Å². The molecule has 0 aromatic carbocycles.